The second-order valence-electron chi connectivity index (χ2n) is 4.41. The van der Waals surface area contributed by atoms with Crippen LogP contribution in [0.5, 0.6) is 0 Å². The van der Waals surface area contributed by atoms with Gasteiger partial charge in [0.25, 0.3) is 0 Å². The van der Waals surface area contributed by atoms with Crippen molar-refractivity contribution < 1.29 is 17.9 Å². The van der Waals surface area contributed by atoms with Crippen molar-refractivity contribution >= 4 is 33.3 Å². The highest BCUT2D eigenvalue weighted by atomic mass is 35.5. The smallest absolute Gasteiger partial charge is 0.321 e. The molecule has 1 rings (SSSR count). The third-order valence-electron chi connectivity index (χ3n) is 2.63. The normalized spacial score (nSPS) is 11.9. The Kier molecular flexibility index (Phi) is 5.38. The van der Waals surface area contributed by atoms with Gasteiger partial charge in [-0.15, -0.1) is 0 Å². The van der Waals surface area contributed by atoms with E-state index >= 15 is 0 Å². The average Bonchev–Trinajstić information content (AvgIpc) is 2.37. The van der Waals surface area contributed by atoms with Gasteiger partial charge in [-0.3, -0.25) is 4.79 Å². The second-order valence-corrected chi connectivity index (χ2v) is 6.68. The van der Waals surface area contributed by atoms with Crippen molar-refractivity contribution in [3.05, 3.63) is 23.2 Å². The molecule has 0 aliphatic rings. The zero-order valence-corrected chi connectivity index (χ0v) is 13.0. The molecule has 20 heavy (non-hydrogen) atoms. The van der Waals surface area contributed by atoms with Crippen molar-refractivity contribution in [2.45, 2.75) is 24.8 Å². The number of rotatable bonds is 5. The van der Waals surface area contributed by atoms with Crippen LogP contribution in [0.25, 0.3) is 0 Å². The first-order chi connectivity index (χ1) is 9.20. The first kappa shape index (κ1) is 16.7. The number of anilines is 1. The maximum Gasteiger partial charge on any atom is 0.321 e. The number of nitrogens with two attached hydrogens (primary N) is 1. The van der Waals surface area contributed by atoms with Gasteiger partial charge in [-0.25, -0.2) is 8.42 Å². The minimum Gasteiger partial charge on any atom is -0.468 e. The number of methoxy groups -OCH3 is 1. The summed E-state index contributed by atoms with van der Waals surface area (Å²) in [6.07, 6.45) is 0. The molecular formula is C12H17ClN2O4S. The van der Waals surface area contributed by atoms with Gasteiger partial charge in [-0.05, 0) is 32.0 Å². The average molecular weight is 321 g/mol. The summed E-state index contributed by atoms with van der Waals surface area (Å²) < 4.78 is 30.7. The molecule has 0 radical (unpaired) electrons. The highest BCUT2D eigenvalue weighted by Gasteiger charge is 2.31. The Bertz CT molecular complexity index is 601. The van der Waals surface area contributed by atoms with Crippen molar-refractivity contribution in [3.63, 3.8) is 0 Å². The van der Waals surface area contributed by atoms with E-state index < -0.39 is 22.0 Å². The van der Waals surface area contributed by atoms with Gasteiger partial charge in [0.1, 0.15) is 11.4 Å². The molecule has 0 aliphatic carbocycles. The van der Waals surface area contributed by atoms with Crippen LogP contribution in [0.1, 0.15) is 13.8 Å². The van der Waals surface area contributed by atoms with Crippen LogP contribution < -0.4 is 5.73 Å². The predicted molar refractivity (Wildman–Crippen MR) is 76.9 cm³/mol. The van der Waals surface area contributed by atoms with Crippen molar-refractivity contribution in [2.75, 3.05) is 19.4 Å². The van der Waals surface area contributed by atoms with Crippen LogP contribution in [-0.2, 0) is 19.6 Å². The van der Waals surface area contributed by atoms with Crippen LogP contribution in [-0.4, -0.2) is 38.4 Å². The Balaban J connectivity index is 3.30. The van der Waals surface area contributed by atoms with Crippen molar-refractivity contribution in [1.82, 2.24) is 4.31 Å². The molecule has 0 fully saturated rings. The number of sulfonamides is 1. The molecular weight excluding hydrogens is 304 g/mol. The van der Waals surface area contributed by atoms with E-state index in [1.165, 1.54) is 25.3 Å². The van der Waals surface area contributed by atoms with Crippen LogP contribution >= 0.6 is 11.6 Å². The molecule has 1 aromatic rings. The Morgan fingerprint density at radius 3 is 2.55 bits per heavy atom. The fourth-order valence-corrected chi connectivity index (χ4v) is 3.67. The first-order valence-electron chi connectivity index (χ1n) is 5.83. The van der Waals surface area contributed by atoms with Gasteiger partial charge in [-0.2, -0.15) is 4.31 Å². The highest BCUT2D eigenvalue weighted by molar-refractivity contribution is 7.89. The van der Waals surface area contributed by atoms with Gasteiger partial charge >= 0.3 is 5.97 Å². The Morgan fingerprint density at radius 2 is 2.05 bits per heavy atom. The number of benzene rings is 1. The van der Waals surface area contributed by atoms with E-state index in [-0.39, 0.29) is 22.2 Å². The zero-order chi connectivity index (χ0) is 15.5. The number of hydrogen-bond acceptors (Lipinski definition) is 5. The van der Waals surface area contributed by atoms with Crippen molar-refractivity contribution in [3.8, 4) is 0 Å². The molecule has 0 unspecified atom stereocenters. The number of carbonyl (C=O) groups is 1. The molecule has 1 aromatic carbocycles. The van der Waals surface area contributed by atoms with E-state index in [4.69, 9.17) is 17.3 Å². The number of nitrogens with zero attached hydrogens (tertiary/aromatic N) is 1. The Morgan fingerprint density at radius 1 is 1.45 bits per heavy atom. The minimum atomic E-state index is -3.94. The molecule has 112 valence electrons. The van der Waals surface area contributed by atoms with Crippen LogP contribution in [0.4, 0.5) is 5.69 Å². The number of carbonyl (C=O) groups excluding carboxylic acids is 1. The van der Waals surface area contributed by atoms with Crippen molar-refractivity contribution in [2.24, 2.45) is 0 Å². The molecule has 8 heteroatoms. The van der Waals surface area contributed by atoms with E-state index in [2.05, 4.69) is 4.74 Å². The fraction of sp³-hybridized carbons (Fsp3) is 0.417. The number of halogens is 1. The molecule has 0 saturated heterocycles. The third kappa shape index (κ3) is 3.62. The lowest BCUT2D eigenvalue weighted by Crippen LogP contribution is -2.41. The van der Waals surface area contributed by atoms with Gasteiger partial charge in [-0.1, -0.05) is 11.6 Å². The molecule has 0 aliphatic heterocycles. The molecule has 0 atom stereocenters. The van der Waals surface area contributed by atoms with Gasteiger partial charge in [0, 0.05) is 11.7 Å². The van der Waals surface area contributed by atoms with Crippen LogP contribution in [0.3, 0.4) is 0 Å². The zero-order valence-electron chi connectivity index (χ0n) is 11.5. The van der Waals surface area contributed by atoms with E-state index in [0.717, 1.165) is 4.31 Å². The number of hydrogen-bond donors (Lipinski definition) is 1. The summed E-state index contributed by atoms with van der Waals surface area (Å²) in [7, 11) is -2.74. The van der Waals surface area contributed by atoms with Crippen LogP contribution in [0.2, 0.25) is 5.02 Å². The molecule has 2 N–H and O–H groups in total. The third-order valence-corrected chi connectivity index (χ3v) is 5.13. The van der Waals surface area contributed by atoms with E-state index in [1.54, 1.807) is 13.8 Å². The monoisotopic (exact) mass is 320 g/mol. The van der Waals surface area contributed by atoms with Crippen LogP contribution in [0, 0.1) is 0 Å². The lowest BCUT2D eigenvalue weighted by molar-refractivity contribution is -0.141. The molecule has 0 saturated carbocycles. The predicted octanol–water partition coefficient (Wildman–Crippen LogP) is 1.49. The maximum absolute atomic E-state index is 12.6. The number of nitrogen functional groups attached to an aromatic ring is 1. The number of ether oxygens (including phenoxy) is 1. The topological polar surface area (TPSA) is 89.7 Å². The minimum absolute atomic E-state index is 0.0507. The molecule has 0 bridgehead atoms. The van der Waals surface area contributed by atoms with Crippen molar-refractivity contribution in [1.29, 1.82) is 0 Å². The van der Waals surface area contributed by atoms with Gasteiger partial charge in [0.15, 0.2) is 0 Å². The first-order valence-corrected chi connectivity index (χ1v) is 7.65. The van der Waals surface area contributed by atoms with Gasteiger partial charge in [0.05, 0.1) is 12.1 Å². The van der Waals surface area contributed by atoms with E-state index in [9.17, 15) is 13.2 Å². The quantitative estimate of drug-likeness (QED) is 0.656. The summed E-state index contributed by atoms with van der Waals surface area (Å²) in [4.78, 5) is 11.2. The molecule has 0 spiro atoms. The summed E-state index contributed by atoms with van der Waals surface area (Å²) in [6.45, 7) is 2.92. The Labute approximate surface area is 123 Å². The Hall–Kier alpha value is -1.31. The lowest BCUT2D eigenvalue weighted by atomic mass is 10.3. The van der Waals surface area contributed by atoms with Gasteiger partial charge in [0.2, 0.25) is 10.0 Å². The summed E-state index contributed by atoms with van der Waals surface area (Å²) in [5.74, 6) is -0.651. The molecule has 0 heterocycles. The SMILES string of the molecule is COC(=O)CN(C(C)C)S(=O)(=O)c1cc(N)ccc1Cl. The van der Waals surface area contributed by atoms with Crippen LogP contribution in [0.15, 0.2) is 23.1 Å². The van der Waals surface area contributed by atoms with Gasteiger partial charge < -0.3 is 10.5 Å². The van der Waals surface area contributed by atoms with E-state index in [0.29, 0.717) is 0 Å². The molecule has 0 aromatic heterocycles. The number of esters is 1. The summed E-state index contributed by atoms with van der Waals surface area (Å²) in [5.41, 5.74) is 5.87. The highest BCUT2D eigenvalue weighted by Crippen LogP contribution is 2.27. The lowest BCUT2D eigenvalue weighted by Gasteiger charge is -2.25. The standard InChI is InChI=1S/C12H17ClN2O4S/c1-8(2)15(7-12(16)19-3)20(17,18)11-6-9(14)4-5-10(11)13/h4-6,8H,7,14H2,1-3H3. The summed E-state index contributed by atoms with van der Waals surface area (Å²) in [5, 5.41) is 0.0507. The molecule has 6 nitrogen and oxygen atoms in total. The summed E-state index contributed by atoms with van der Waals surface area (Å²) in [6, 6.07) is 3.74. The largest absolute Gasteiger partial charge is 0.468 e. The van der Waals surface area contributed by atoms with E-state index in [1.807, 2.05) is 0 Å². The second kappa shape index (κ2) is 6.43. The summed E-state index contributed by atoms with van der Waals surface area (Å²) >= 11 is 5.92. The maximum atomic E-state index is 12.6. The molecule has 0 amide bonds. The fourth-order valence-electron chi connectivity index (χ4n) is 1.58.